The van der Waals surface area contributed by atoms with Crippen molar-refractivity contribution in [3.63, 3.8) is 0 Å². The molecule has 14 heteroatoms. The van der Waals surface area contributed by atoms with E-state index in [4.69, 9.17) is 10.5 Å². The minimum Gasteiger partial charge on any atom is -0.370 e. The molecular weight excluding hydrogens is 438 g/mol. The third-order valence-electron chi connectivity index (χ3n) is 4.23. The van der Waals surface area contributed by atoms with E-state index < -0.39 is 66.2 Å². The number of likely N-dealkylation sites (N-methyl/N-ethyl adjacent to an activating group) is 1. The third-order valence-corrected chi connectivity index (χ3v) is 4.23. The Hall–Kier alpha value is -2.87. The average Bonchev–Trinajstić information content (AvgIpc) is 2.59. The van der Waals surface area contributed by atoms with Gasteiger partial charge >= 0.3 is 12.4 Å². The number of nitrogens with one attached hydrogen (secondary N) is 1. The number of alkyl halides is 6. The number of carbonyl (C=O) groups excluding carboxylic acids is 3. The van der Waals surface area contributed by atoms with Crippen LogP contribution in [0.5, 0.6) is 0 Å². The number of morpholine rings is 1. The number of carbonyl (C=O) groups is 3. The van der Waals surface area contributed by atoms with Crippen LogP contribution in [0, 0.1) is 0 Å². The van der Waals surface area contributed by atoms with E-state index in [0.717, 1.165) is 24.1 Å². The summed E-state index contributed by atoms with van der Waals surface area (Å²) in [6.45, 7) is -2.16. The predicted molar refractivity (Wildman–Crippen MR) is 94.9 cm³/mol. The van der Waals surface area contributed by atoms with Gasteiger partial charge in [0.05, 0.1) is 24.4 Å². The largest absolute Gasteiger partial charge is 0.418 e. The maximum Gasteiger partial charge on any atom is 0.418 e. The number of nitrogens with zero attached hydrogens (tertiary/aromatic N) is 2. The first-order valence-electron chi connectivity index (χ1n) is 8.67. The van der Waals surface area contributed by atoms with Gasteiger partial charge in [0.1, 0.15) is 6.61 Å². The van der Waals surface area contributed by atoms with Gasteiger partial charge in [-0.2, -0.15) is 26.3 Å². The van der Waals surface area contributed by atoms with Gasteiger partial charge in [-0.1, -0.05) is 0 Å². The summed E-state index contributed by atoms with van der Waals surface area (Å²) in [4.78, 5) is 36.9. The number of benzene rings is 1. The standard InChI is InChI=1S/C17H18F6N4O4/c1-26(8-16(18,19)20)13(14(24)29)15(30)25-9-2-3-11(10(6-9)17(21,22)23)27-4-5-31-7-12(27)28/h2-3,6,13H,4-5,7-8H2,1H3,(H2,24,29)(H,25,30)/t13-/m0/s1. The van der Waals surface area contributed by atoms with Crippen LogP contribution in [0.4, 0.5) is 37.7 Å². The number of halogens is 6. The maximum absolute atomic E-state index is 13.6. The van der Waals surface area contributed by atoms with Crippen molar-refractivity contribution < 1.29 is 45.5 Å². The molecule has 3 N–H and O–H groups in total. The van der Waals surface area contributed by atoms with Gasteiger partial charge in [0.25, 0.3) is 11.8 Å². The smallest absolute Gasteiger partial charge is 0.370 e. The van der Waals surface area contributed by atoms with E-state index in [1.165, 1.54) is 0 Å². The van der Waals surface area contributed by atoms with E-state index >= 15 is 0 Å². The van der Waals surface area contributed by atoms with Gasteiger partial charge in [0.2, 0.25) is 5.91 Å². The molecule has 1 aliphatic heterocycles. The quantitative estimate of drug-likeness (QED) is 0.497. The van der Waals surface area contributed by atoms with Crippen LogP contribution < -0.4 is 16.0 Å². The highest BCUT2D eigenvalue weighted by Gasteiger charge is 2.39. The van der Waals surface area contributed by atoms with Crippen molar-refractivity contribution in [1.29, 1.82) is 0 Å². The highest BCUT2D eigenvalue weighted by Crippen LogP contribution is 2.38. The lowest BCUT2D eigenvalue weighted by Crippen LogP contribution is -2.52. The molecule has 1 fully saturated rings. The minimum atomic E-state index is -4.93. The molecule has 1 atom stereocenters. The zero-order chi connectivity index (χ0) is 23.6. The van der Waals surface area contributed by atoms with Crippen molar-refractivity contribution in [2.24, 2.45) is 5.73 Å². The number of amides is 3. The summed E-state index contributed by atoms with van der Waals surface area (Å²) in [5.41, 5.74) is 2.82. The van der Waals surface area contributed by atoms with Crippen molar-refractivity contribution in [2.45, 2.75) is 18.4 Å². The Morgan fingerprint density at radius 3 is 2.42 bits per heavy atom. The monoisotopic (exact) mass is 456 g/mol. The van der Waals surface area contributed by atoms with Crippen molar-refractivity contribution in [1.82, 2.24) is 4.90 Å². The highest BCUT2D eigenvalue weighted by atomic mass is 19.4. The Balaban J connectivity index is 2.32. The first-order chi connectivity index (χ1) is 14.2. The van der Waals surface area contributed by atoms with Crippen LogP contribution in [0.3, 0.4) is 0 Å². The molecule has 8 nitrogen and oxygen atoms in total. The Labute approximate surface area is 171 Å². The van der Waals surface area contributed by atoms with E-state index in [1.807, 2.05) is 5.32 Å². The normalized spacial score (nSPS) is 16.4. The second kappa shape index (κ2) is 9.09. The summed E-state index contributed by atoms with van der Waals surface area (Å²) < 4.78 is 83.3. The molecule has 0 saturated carbocycles. The van der Waals surface area contributed by atoms with Crippen LogP contribution in [0.25, 0.3) is 0 Å². The molecule has 1 aromatic carbocycles. The fourth-order valence-electron chi connectivity index (χ4n) is 2.98. The summed E-state index contributed by atoms with van der Waals surface area (Å²) in [6.07, 6.45) is -9.68. The number of hydrogen-bond donors (Lipinski definition) is 2. The third kappa shape index (κ3) is 6.30. The van der Waals surface area contributed by atoms with Crippen LogP contribution in [-0.4, -0.2) is 68.2 Å². The Morgan fingerprint density at radius 1 is 1.26 bits per heavy atom. The number of rotatable bonds is 6. The second-order valence-electron chi connectivity index (χ2n) is 6.65. The van der Waals surface area contributed by atoms with Gasteiger partial charge < -0.3 is 20.7 Å². The SMILES string of the molecule is CN(CC(F)(F)F)[C@@H](C(N)=O)C(=O)Nc1ccc(N2CCOCC2=O)c(C(F)(F)F)c1. The summed E-state index contributed by atoms with van der Waals surface area (Å²) in [5, 5.41) is 1.97. The molecular formula is C17H18F6N4O4. The van der Waals surface area contributed by atoms with E-state index in [2.05, 4.69) is 0 Å². The Morgan fingerprint density at radius 2 is 1.90 bits per heavy atom. The molecule has 172 valence electrons. The van der Waals surface area contributed by atoms with Crippen molar-refractivity contribution >= 4 is 29.1 Å². The lowest BCUT2D eigenvalue weighted by Gasteiger charge is -2.29. The zero-order valence-corrected chi connectivity index (χ0v) is 16.0. The topological polar surface area (TPSA) is 105 Å². The first kappa shape index (κ1) is 24.4. The average molecular weight is 456 g/mol. The molecule has 0 aromatic heterocycles. The molecule has 1 aromatic rings. The zero-order valence-electron chi connectivity index (χ0n) is 16.0. The van der Waals surface area contributed by atoms with Gasteiger partial charge in [-0.15, -0.1) is 0 Å². The second-order valence-corrected chi connectivity index (χ2v) is 6.65. The van der Waals surface area contributed by atoms with Gasteiger partial charge in [-0.3, -0.25) is 19.3 Å². The predicted octanol–water partition coefficient (Wildman–Crippen LogP) is 1.36. The van der Waals surface area contributed by atoms with Gasteiger partial charge in [0.15, 0.2) is 6.04 Å². The van der Waals surface area contributed by atoms with E-state index in [1.54, 1.807) is 0 Å². The molecule has 1 aliphatic rings. The molecule has 0 bridgehead atoms. The maximum atomic E-state index is 13.6. The fraction of sp³-hybridized carbons (Fsp3) is 0.471. The van der Waals surface area contributed by atoms with Gasteiger partial charge in [-0.05, 0) is 25.2 Å². The molecule has 0 aliphatic carbocycles. The number of ether oxygens (including phenoxy) is 1. The summed E-state index contributed by atoms with van der Waals surface area (Å²) in [7, 11) is 0.816. The molecule has 1 heterocycles. The fourth-order valence-corrected chi connectivity index (χ4v) is 2.98. The lowest BCUT2D eigenvalue weighted by atomic mass is 10.1. The minimum absolute atomic E-state index is 0.0212. The van der Waals surface area contributed by atoms with Crippen LogP contribution in [0.2, 0.25) is 0 Å². The van der Waals surface area contributed by atoms with E-state index in [9.17, 15) is 40.7 Å². The number of anilines is 2. The van der Waals surface area contributed by atoms with Crippen molar-refractivity contribution in [2.75, 3.05) is 43.6 Å². The summed E-state index contributed by atoms with van der Waals surface area (Å²) in [5.74, 6) is -3.46. The van der Waals surface area contributed by atoms with E-state index in [0.29, 0.717) is 11.0 Å². The highest BCUT2D eigenvalue weighted by molar-refractivity contribution is 6.09. The summed E-state index contributed by atoms with van der Waals surface area (Å²) >= 11 is 0. The number of hydrogen-bond acceptors (Lipinski definition) is 5. The molecule has 0 spiro atoms. The molecule has 31 heavy (non-hydrogen) atoms. The van der Waals surface area contributed by atoms with E-state index in [-0.39, 0.29) is 13.2 Å². The molecule has 1 saturated heterocycles. The van der Waals surface area contributed by atoms with Crippen LogP contribution in [-0.2, 0) is 25.3 Å². The number of primary amides is 1. The van der Waals surface area contributed by atoms with Gasteiger partial charge in [0, 0.05) is 12.2 Å². The molecule has 0 unspecified atom stereocenters. The Bertz CT molecular complexity index is 858. The first-order valence-corrected chi connectivity index (χ1v) is 8.67. The van der Waals surface area contributed by atoms with Gasteiger partial charge in [-0.25, -0.2) is 0 Å². The molecule has 3 amide bonds. The summed E-state index contributed by atoms with van der Waals surface area (Å²) in [6, 6.07) is 0.377. The number of nitrogens with two attached hydrogens (primary N) is 1. The van der Waals surface area contributed by atoms with Crippen molar-refractivity contribution in [3.05, 3.63) is 23.8 Å². The lowest BCUT2D eigenvalue weighted by molar-refractivity contribution is -0.154. The van der Waals surface area contributed by atoms with Crippen LogP contribution in [0.1, 0.15) is 5.56 Å². The van der Waals surface area contributed by atoms with Crippen LogP contribution >= 0.6 is 0 Å². The Kier molecular flexibility index (Phi) is 7.16. The molecule has 0 radical (unpaired) electrons. The molecule has 2 rings (SSSR count). The van der Waals surface area contributed by atoms with Crippen molar-refractivity contribution in [3.8, 4) is 0 Å². The van der Waals surface area contributed by atoms with Crippen LogP contribution in [0.15, 0.2) is 18.2 Å².